The molecule has 2 rings (SSSR count). The second-order valence-electron chi connectivity index (χ2n) is 7.43. The lowest BCUT2D eigenvalue weighted by Gasteiger charge is -2.26. The molecule has 1 aliphatic rings. The predicted octanol–water partition coefficient (Wildman–Crippen LogP) is 2.90. The summed E-state index contributed by atoms with van der Waals surface area (Å²) in [6.07, 6.45) is 3.24. The van der Waals surface area contributed by atoms with Gasteiger partial charge in [0, 0.05) is 58.3 Å². The molecule has 2 N–H and O–H groups in total. The molecule has 1 aliphatic heterocycles. The van der Waals surface area contributed by atoms with Crippen LogP contribution < -0.4 is 15.5 Å². The SMILES string of the molecule is CCNC(=NCC(C)N(C)c1ccccc1)NCCCOCC1CCOCC1. The average Bonchev–Trinajstić information content (AvgIpc) is 2.75. The maximum atomic E-state index is 5.83. The summed E-state index contributed by atoms with van der Waals surface area (Å²) in [5, 5.41) is 6.74. The maximum Gasteiger partial charge on any atom is 0.191 e. The van der Waals surface area contributed by atoms with Gasteiger partial charge in [-0.25, -0.2) is 0 Å². The second-order valence-corrected chi connectivity index (χ2v) is 7.43. The number of rotatable bonds is 11. The topological polar surface area (TPSA) is 58.1 Å². The van der Waals surface area contributed by atoms with Crippen molar-refractivity contribution in [3.63, 3.8) is 0 Å². The van der Waals surface area contributed by atoms with Gasteiger partial charge in [0.2, 0.25) is 0 Å². The molecule has 0 aromatic heterocycles. The zero-order chi connectivity index (χ0) is 20.0. The molecule has 1 aromatic carbocycles. The summed E-state index contributed by atoms with van der Waals surface area (Å²) >= 11 is 0. The maximum absolute atomic E-state index is 5.83. The first kappa shape index (κ1) is 22.5. The molecule has 0 radical (unpaired) electrons. The van der Waals surface area contributed by atoms with E-state index in [4.69, 9.17) is 14.5 Å². The molecule has 0 aliphatic carbocycles. The van der Waals surface area contributed by atoms with E-state index in [2.05, 4.69) is 60.7 Å². The lowest BCUT2D eigenvalue weighted by atomic mass is 10.0. The third kappa shape index (κ3) is 8.48. The number of hydrogen-bond donors (Lipinski definition) is 2. The average molecular weight is 391 g/mol. The number of ether oxygens (including phenoxy) is 2. The van der Waals surface area contributed by atoms with Crippen molar-refractivity contribution in [2.45, 2.75) is 39.2 Å². The first-order chi connectivity index (χ1) is 13.7. The minimum atomic E-state index is 0.320. The molecule has 1 unspecified atom stereocenters. The number of nitrogens with zero attached hydrogens (tertiary/aromatic N) is 2. The summed E-state index contributed by atoms with van der Waals surface area (Å²) in [5.41, 5.74) is 1.21. The summed E-state index contributed by atoms with van der Waals surface area (Å²) in [5.74, 6) is 1.55. The molecule has 1 atom stereocenters. The Bertz CT molecular complexity index is 547. The van der Waals surface area contributed by atoms with Gasteiger partial charge in [-0.05, 0) is 51.2 Å². The number of guanidine groups is 1. The molecule has 1 heterocycles. The smallest absolute Gasteiger partial charge is 0.191 e. The number of anilines is 1. The molecule has 1 aromatic rings. The zero-order valence-electron chi connectivity index (χ0n) is 17.8. The Morgan fingerprint density at radius 1 is 1.25 bits per heavy atom. The van der Waals surface area contributed by atoms with Crippen LogP contribution in [0.5, 0.6) is 0 Å². The minimum Gasteiger partial charge on any atom is -0.381 e. The second kappa shape index (κ2) is 13.4. The van der Waals surface area contributed by atoms with Crippen LogP contribution >= 0.6 is 0 Å². The Kier molecular flexibility index (Phi) is 10.8. The standard InChI is InChI=1S/C22H38N4O2/c1-4-23-22(24-13-8-14-28-18-20-11-15-27-16-12-20)25-17-19(2)26(3)21-9-6-5-7-10-21/h5-7,9-10,19-20H,4,8,11-18H2,1-3H3,(H2,23,24,25). The van der Waals surface area contributed by atoms with E-state index < -0.39 is 0 Å². The molecular formula is C22H38N4O2. The number of aliphatic imine (C=N–C) groups is 1. The van der Waals surface area contributed by atoms with Crippen LogP contribution in [-0.4, -0.2) is 65.1 Å². The number of nitrogens with one attached hydrogen (secondary N) is 2. The van der Waals surface area contributed by atoms with Crippen molar-refractivity contribution in [2.24, 2.45) is 10.9 Å². The van der Waals surface area contributed by atoms with Gasteiger partial charge in [0.05, 0.1) is 6.54 Å². The fourth-order valence-corrected chi connectivity index (χ4v) is 3.15. The van der Waals surface area contributed by atoms with Crippen molar-refractivity contribution in [3.8, 4) is 0 Å². The van der Waals surface area contributed by atoms with E-state index in [1.807, 2.05) is 6.07 Å². The Balaban J connectivity index is 1.65. The molecule has 1 fully saturated rings. The Morgan fingerprint density at radius 2 is 2.00 bits per heavy atom. The third-order valence-corrected chi connectivity index (χ3v) is 5.13. The van der Waals surface area contributed by atoms with Crippen LogP contribution in [-0.2, 0) is 9.47 Å². The van der Waals surface area contributed by atoms with Crippen LogP contribution in [0.25, 0.3) is 0 Å². The van der Waals surface area contributed by atoms with E-state index in [1.165, 1.54) is 5.69 Å². The fraction of sp³-hybridized carbons (Fsp3) is 0.682. The van der Waals surface area contributed by atoms with Crippen LogP contribution in [0.2, 0.25) is 0 Å². The van der Waals surface area contributed by atoms with Gasteiger partial charge in [-0.15, -0.1) is 0 Å². The van der Waals surface area contributed by atoms with Crippen molar-refractivity contribution in [2.75, 3.05) is 58.0 Å². The van der Waals surface area contributed by atoms with E-state index in [0.717, 1.165) is 71.3 Å². The molecule has 6 nitrogen and oxygen atoms in total. The van der Waals surface area contributed by atoms with Crippen molar-refractivity contribution < 1.29 is 9.47 Å². The van der Waals surface area contributed by atoms with E-state index in [9.17, 15) is 0 Å². The van der Waals surface area contributed by atoms with Crippen molar-refractivity contribution in [1.29, 1.82) is 0 Å². The molecule has 28 heavy (non-hydrogen) atoms. The first-order valence-corrected chi connectivity index (χ1v) is 10.7. The van der Waals surface area contributed by atoms with Crippen LogP contribution in [0, 0.1) is 5.92 Å². The highest BCUT2D eigenvalue weighted by Crippen LogP contribution is 2.15. The Hall–Kier alpha value is -1.79. The van der Waals surface area contributed by atoms with Crippen molar-refractivity contribution in [3.05, 3.63) is 30.3 Å². The molecule has 6 heteroatoms. The van der Waals surface area contributed by atoms with Gasteiger partial charge in [-0.3, -0.25) is 4.99 Å². The molecule has 0 saturated carbocycles. The van der Waals surface area contributed by atoms with Gasteiger partial charge in [0.15, 0.2) is 5.96 Å². The molecule has 0 bridgehead atoms. The molecule has 1 saturated heterocycles. The monoisotopic (exact) mass is 390 g/mol. The Morgan fingerprint density at radius 3 is 2.71 bits per heavy atom. The summed E-state index contributed by atoms with van der Waals surface area (Å²) in [6.45, 7) is 10.2. The lowest BCUT2D eigenvalue weighted by Crippen LogP contribution is -2.40. The van der Waals surface area contributed by atoms with Gasteiger partial charge < -0.3 is 25.0 Å². The Labute approximate surface area is 170 Å². The highest BCUT2D eigenvalue weighted by Gasteiger charge is 2.13. The van der Waals surface area contributed by atoms with Gasteiger partial charge in [0.1, 0.15) is 0 Å². The first-order valence-electron chi connectivity index (χ1n) is 10.7. The van der Waals surface area contributed by atoms with Crippen molar-refractivity contribution >= 4 is 11.6 Å². The number of likely N-dealkylation sites (N-methyl/N-ethyl adjacent to an activating group) is 1. The predicted molar refractivity (Wildman–Crippen MR) is 117 cm³/mol. The summed E-state index contributed by atoms with van der Waals surface area (Å²) in [7, 11) is 2.12. The molecular weight excluding hydrogens is 352 g/mol. The summed E-state index contributed by atoms with van der Waals surface area (Å²) in [6, 6.07) is 10.8. The quantitative estimate of drug-likeness (QED) is 0.346. The van der Waals surface area contributed by atoms with Crippen LogP contribution in [0.3, 0.4) is 0 Å². The molecule has 0 amide bonds. The largest absolute Gasteiger partial charge is 0.381 e. The number of benzene rings is 1. The lowest BCUT2D eigenvalue weighted by molar-refractivity contribution is 0.0203. The minimum absolute atomic E-state index is 0.320. The van der Waals surface area contributed by atoms with Gasteiger partial charge >= 0.3 is 0 Å². The van der Waals surface area contributed by atoms with Crippen LogP contribution in [0.1, 0.15) is 33.1 Å². The van der Waals surface area contributed by atoms with Gasteiger partial charge in [-0.1, -0.05) is 18.2 Å². The van der Waals surface area contributed by atoms with E-state index >= 15 is 0 Å². The normalized spacial score (nSPS) is 16.6. The molecule has 0 spiro atoms. The summed E-state index contributed by atoms with van der Waals surface area (Å²) < 4.78 is 11.2. The van der Waals surface area contributed by atoms with E-state index in [-0.39, 0.29) is 0 Å². The van der Waals surface area contributed by atoms with Crippen LogP contribution in [0.15, 0.2) is 35.3 Å². The van der Waals surface area contributed by atoms with Crippen LogP contribution in [0.4, 0.5) is 5.69 Å². The summed E-state index contributed by atoms with van der Waals surface area (Å²) in [4.78, 5) is 7.01. The van der Waals surface area contributed by atoms with Gasteiger partial charge in [0.25, 0.3) is 0 Å². The van der Waals surface area contributed by atoms with E-state index in [0.29, 0.717) is 12.0 Å². The zero-order valence-corrected chi connectivity index (χ0v) is 17.8. The van der Waals surface area contributed by atoms with E-state index in [1.54, 1.807) is 0 Å². The fourth-order valence-electron chi connectivity index (χ4n) is 3.15. The highest BCUT2D eigenvalue weighted by atomic mass is 16.5. The number of hydrogen-bond acceptors (Lipinski definition) is 4. The number of para-hydroxylation sites is 1. The third-order valence-electron chi connectivity index (χ3n) is 5.13. The van der Waals surface area contributed by atoms with Gasteiger partial charge in [-0.2, -0.15) is 0 Å². The van der Waals surface area contributed by atoms with Crippen molar-refractivity contribution in [1.82, 2.24) is 10.6 Å². The highest BCUT2D eigenvalue weighted by molar-refractivity contribution is 5.79. The molecule has 158 valence electrons.